The number of hydrogen-bond donors (Lipinski definition) is 1. The second-order valence-corrected chi connectivity index (χ2v) is 4.68. The van der Waals surface area contributed by atoms with E-state index >= 15 is 0 Å². The molecule has 1 aliphatic carbocycles. The van der Waals surface area contributed by atoms with Gasteiger partial charge in [0.2, 0.25) is 0 Å². The third-order valence-corrected chi connectivity index (χ3v) is 3.13. The van der Waals surface area contributed by atoms with E-state index < -0.39 is 0 Å². The van der Waals surface area contributed by atoms with E-state index in [0.717, 1.165) is 29.6 Å². The van der Waals surface area contributed by atoms with Crippen LogP contribution in [0.25, 0.3) is 0 Å². The van der Waals surface area contributed by atoms with E-state index in [1.54, 1.807) is 0 Å². The van der Waals surface area contributed by atoms with E-state index in [2.05, 4.69) is 5.32 Å². The van der Waals surface area contributed by atoms with Crippen molar-refractivity contribution in [3.05, 3.63) is 18.2 Å². The standard InChI is InChI=1S/C15H23NO2/c1-3-17-13-7-8-15(18-4-2)14(11-13)16-10-9-12-5-6-12/h7-8,11-12,16H,3-6,9-10H2,1-2H3. The number of rotatable bonds is 8. The summed E-state index contributed by atoms with van der Waals surface area (Å²) in [5.41, 5.74) is 1.04. The molecule has 0 atom stereocenters. The molecule has 1 saturated carbocycles. The van der Waals surface area contributed by atoms with E-state index in [1.807, 2.05) is 32.0 Å². The van der Waals surface area contributed by atoms with Gasteiger partial charge in [-0.3, -0.25) is 0 Å². The Hall–Kier alpha value is -1.38. The molecule has 1 aliphatic rings. The van der Waals surface area contributed by atoms with Crippen molar-refractivity contribution in [2.75, 3.05) is 25.1 Å². The summed E-state index contributed by atoms with van der Waals surface area (Å²) in [6.07, 6.45) is 4.06. The fourth-order valence-electron chi connectivity index (χ4n) is 2.00. The van der Waals surface area contributed by atoms with E-state index in [0.29, 0.717) is 13.2 Å². The first-order valence-corrected chi connectivity index (χ1v) is 6.97. The molecule has 1 N–H and O–H groups in total. The van der Waals surface area contributed by atoms with Gasteiger partial charge in [-0.05, 0) is 38.3 Å². The molecule has 1 aromatic carbocycles. The van der Waals surface area contributed by atoms with Crippen LogP contribution < -0.4 is 14.8 Å². The summed E-state index contributed by atoms with van der Waals surface area (Å²) >= 11 is 0. The van der Waals surface area contributed by atoms with Crippen molar-refractivity contribution in [3.8, 4) is 11.5 Å². The molecule has 3 heteroatoms. The maximum atomic E-state index is 5.63. The predicted octanol–water partition coefficient (Wildman–Crippen LogP) is 3.70. The number of anilines is 1. The first kappa shape index (κ1) is 13.1. The molecule has 0 bridgehead atoms. The van der Waals surface area contributed by atoms with Crippen LogP contribution in [0.2, 0.25) is 0 Å². The highest BCUT2D eigenvalue weighted by atomic mass is 16.5. The lowest BCUT2D eigenvalue weighted by Gasteiger charge is -2.14. The van der Waals surface area contributed by atoms with Crippen LogP contribution in [-0.2, 0) is 0 Å². The lowest BCUT2D eigenvalue weighted by Crippen LogP contribution is -2.05. The number of ether oxygens (including phenoxy) is 2. The zero-order valence-electron chi connectivity index (χ0n) is 11.4. The van der Waals surface area contributed by atoms with Crippen LogP contribution >= 0.6 is 0 Å². The third kappa shape index (κ3) is 3.83. The predicted molar refractivity (Wildman–Crippen MR) is 74.6 cm³/mol. The Morgan fingerprint density at radius 1 is 1.17 bits per heavy atom. The average molecular weight is 249 g/mol. The minimum Gasteiger partial charge on any atom is -0.494 e. The molecule has 100 valence electrons. The van der Waals surface area contributed by atoms with Crippen molar-refractivity contribution in [3.63, 3.8) is 0 Å². The number of benzene rings is 1. The maximum Gasteiger partial charge on any atom is 0.142 e. The monoisotopic (exact) mass is 249 g/mol. The third-order valence-electron chi connectivity index (χ3n) is 3.13. The summed E-state index contributed by atoms with van der Waals surface area (Å²) < 4.78 is 11.1. The van der Waals surface area contributed by atoms with Crippen LogP contribution in [0, 0.1) is 5.92 Å². The Morgan fingerprint density at radius 2 is 1.94 bits per heavy atom. The molecular formula is C15H23NO2. The largest absolute Gasteiger partial charge is 0.494 e. The van der Waals surface area contributed by atoms with Crippen molar-refractivity contribution in [2.24, 2.45) is 5.92 Å². The van der Waals surface area contributed by atoms with Gasteiger partial charge in [0.05, 0.1) is 18.9 Å². The Kier molecular flexibility index (Phi) is 4.73. The van der Waals surface area contributed by atoms with Crippen molar-refractivity contribution >= 4 is 5.69 Å². The molecule has 0 spiro atoms. The van der Waals surface area contributed by atoms with Crippen molar-refractivity contribution in [1.29, 1.82) is 0 Å². The van der Waals surface area contributed by atoms with Crippen LogP contribution in [0.5, 0.6) is 11.5 Å². The summed E-state index contributed by atoms with van der Waals surface area (Å²) in [6.45, 7) is 6.39. The van der Waals surface area contributed by atoms with Crippen LogP contribution in [-0.4, -0.2) is 19.8 Å². The molecule has 2 rings (SSSR count). The first-order valence-electron chi connectivity index (χ1n) is 6.97. The topological polar surface area (TPSA) is 30.5 Å². The highest BCUT2D eigenvalue weighted by molar-refractivity contribution is 5.59. The minimum atomic E-state index is 0.686. The van der Waals surface area contributed by atoms with Crippen LogP contribution in [0.3, 0.4) is 0 Å². The average Bonchev–Trinajstić information content (AvgIpc) is 3.17. The first-order chi connectivity index (χ1) is 8.83. The maximum absolute atomic E-state index is 5.63. The Labute approximate surface area is 109 Å². The van der Waals surface area contributed by atoms with Gasteiger partial charge in [-0.15, -0.1) is 0 Å². The number of nitrogens with one attached hydrogen (secondary N) is 1. The summed E-state index contributed by atoms with van der Waals surface area (Å²) in [4.78, 5) is 0. The van der Waals surface area contributed by atoms with Gasteiger partial charge in [0.15, 0.2) is 0 Å². The van der Waals surface area contributed by atoms with Gasteiger partial charge in [0.25, 0.3) is 0 Å². The quantitative estimate of drug-likeness (QED) is 0.762. The van der Waals surface area contributed by atoms with Crippen LogP contribution in [0.15, 0.2) is 18.2 Å². The van der Waals surface area contributed by atoms with Gasteiger partial charge < -0.3 is 14.8 Å². The molecule has 0 aliphatic heterocycles. The smallest absolute Gasteiger partial charge is 0.142 e. The number of hydrogen-bond acceptors (Lipinski definition) is 3. The zero-order valence-corrected chi connectivity index (χ0v) is 11.4. The molecular weight excluding hydrogens is 226 g/mol. The highest BCUT2D eigenvalue weighted by Gasteiger charge is 2.20. The molecule has 0 unspecified atom stereocenters. The molecule has 0 aromatic heterocycles. The van der Waals surface area contributed by atoms with Crippen molar-refractivity contribution in [2.45, 2.75) is 33.1 Å². The Balaban J connectivity index is 1.98. The van der Waals surface area contributed by atoms with Gasteiger partial charge in [-0.1, -0.05) is 12.8 Å². The van der Waals surface area contributed by atoms with Gasteiger partial charge >= 0.3 is 0 Å². The van der Waals surface area contributed by atoms with Crippen LogP contribution in [0.1, 0.15) is 33.1 Å². The summed E-state index contributed by atoms with van der Waals surface area (Å²) in [7, 11) is 0. The van der Waals surface area contributed by atoms with Gasteiger partial charge in [-0.25, -0.2) is 0 Å². The fourth-order valence-corrected chi connectivity index (χ4v) is 2.00. The van der Waals surface area contributed by atoms with E-state index in [1.165, 1.54) is 19.3 Å². The highest BCUT2D eigenvalue weighted by Crippen LogP contribution is 2.33. The van der Waals surface area contributed by atoms with Gasteiger partial charge in [0, 0.05) is 12.6 Å². The van der Waals surface area contributed by atoms with E-state index in [-0.39, 0.29) is 0 Å². The van der Waals surface area contributed by atoms with E-state index in [9.17, 15) is 0 Å². The molecule has 0 heterocycles. The zero-order chi connectivity index (χ0) is 12.8. The van der Waals surface area contributed by atoms with Crippen LogP contribution in [0.4, 0.5) is 5.69 Å². The SMILES string of the molecule is CCOc1ccc(OCC)c(NCCC2CC2)c1. The molecule has 1 aromatic rings. The van der Waals surface area contributed by atoms with Crippen molar-refractivity contribution in [1.82, 2.24) is 0 Å². The van der Waals surface area contributed by atoms with Gasteiger partial charge in [-0.2, -0.15) is 0 Å². The second kappa shape index (κ2) is 6.53. The second-order valence-electron chi connectivity index (χ2n) is 4.68. The summed E-state index contributed by atoms with van der Waals surface area (Å²) in [6, 6.07) is 5.97. The molecule has 0 amide bonds. The summed E-state index contributed by atoms with van der Waals surface area (Å²) in [5.74, 6) is 2.76. The summed E-state index contributed by atoms with van der Waals surface area (Å²) in [5, 5.41) is 3.46. The van der Waals surface area contributed by atoms with Crippen molar-refractivity contribution < 1.29 is 9.47 Å². The normalized spacial score (nSPS) is 14.3. The lowest BCUT2D eigenvalue weighted by molar-refractivity contribution is 0.332. The lowest BCUT2D eigenvalue weighted by atomic mass is 10.2. The molecule has 18 heavy (non-hydrogen) atoms. The fraction of sp³-hybridized carbons (Fsp3) is 0.600. The van der Waals surface area contributed by atoms with Gasteiger partial charge in [0.1, 0.15) is 11.5 Å². The van der Waals surface area contributed by atoms with E-state index in [4.69, 9.17) is 9.47 Å². The Morgan fingerprint density at radius 3 is 2.61 bits per heavy atom. The molecule has 3 nitrogen and oxygen atoms in total. The minimum absolute atomic E-state index is 0.686. The molecule has 1 fully saturated rings. The molecule has 0 radical (unpaired) electrons. The Bertz CT molecular complexity index is 375. The molecule has 0 saturated heterocycles.